The lowest BCUT2D eigenvalue weighted by Gasteiger charge is -2.36. The first-order chi connectivity index (χ1) is 9.31. The second-order valence-corrected chi connectivity index (χ2v) is 5.93. The first-order valence-corrected chi connectivity index (χ1v) is 7.29. The maximum atomic E-state index is 11.9. The van der Waals surface area contributed by atoms with Crippen molar-refractivity contribution >= 4 is 11.9 Å². The molecule has 0 saturated carbocycles. The molecule has 6 heteroatoms. The average molecular weight is 285 g/mol. The molecule has 2 unspecified atom stereocenters. The van der Waals surface area contributed by atoms with Crippen LogP contribution in [0.5, 0.6) is 0 Å². The van der Waals surface area contributed by atoms with Gasteiger partial charge in [0.25, 0.3) is 0 Å². The molecule has 1 fully saturated rings. The van der Waals surface area contributed by atoms with Crippen LogP contribution in [0.2, 0.25) is 0 Å². The van der Waals surface area contributed by atoms with Gasteiger partial charge in [0, 0.05) is 32.2 Å². The zero-order valence-corrected chi connectivity index (χ0v) is 12.9. The van der Waals surface area contributed by atoms with E-state index in [4.69, 9.17) is 5.11 Å². The van der Waals surface area contributed by atoms with E-state index in [0.717, 1.165) is 13.1 Å². The summed E-state index contributed by atoms with van der Waals surface area (Å²) in [7, 11) is 0. The number of carbonyl (C=O) groups is 2. The zero-order valence-electron chi connectivity index (χ0n) is 12.9. The third-order valence-electron chi connectivity index (χ3n) is 4.07. The van der Waals surface area contributed by atoms with Crippen LogP contribution < -0.4 is 5.32 Å². The highest BCUT2D eigenvalue weighted by Crippen LogP contribution is 2.06. The molecule has 1 heterocycles. The fourth-order valence-corrected chi connectivity index (χ4v) is 2.13. The monoisotopic (exact) mass is 285 g/mol. The summed E-state index contributed by atoms with van der Waals surface area (Å²) in [6.07, 6.45) is 0. The van der Waals surface area contributed by atoms with E-state index in [0.29, 0.717) is 25.6 Å². The second kappa shape index (κ2) is 7.59. The lowest BCUT2D eigenvalue weighted by atomic mass is 10.1. The quantitative estimate of drug-likeness (QED) is 0.731. The number of amides is 1. The molecule has 20 heavy (non-hydrogen) atoms. The van der Waals surface area contributed by atoms with Crippen molar-refractivity contribution in [1.82, 2.24) is 15.1 Å². The van der Waals surface area contributed by atoms with Crippen LogP contribution in [0.25, 0.3) is 0 Å². The molecule has 116 valence electrons. The van der Waals surface area contributed by atoms with Gasteiger partial charge >= 0.3 is 5.97 Å². The molecular weight excluding hydrogens is 258 g/mol. The number of aliphatic carboxylic acids is 1. The number of carbonyl (C=O) groups excluding carboxylic acids is 1. The fourth-order valence-electron chi connectivity index (χ4n) is 2.13. The molecule has 2 N–H and O–H groups in total. The van der Waals surface area contributed by atoms with Gasteiger partial charge in [0.05, 0.1) is 6.54 Å². The van der Waals surface area contributed by atoms with Gasteiger partial charge in [0.15, 0.2) is 0 Å². The fraction of sp³-hybridized carbons (Fsp3) is 0.857. The SMILES string of the molecule is CC(C)C(C)NC(=O)CN1CCN(C(C)C(=O)O)CC1. The Kier molecular flexibility index (Phi) is 6.42. The number of rotatable bonds is 6. The molecular formula is C14H27N3O3. The van der Waals surface area contributed by atoms with E-state index < -0.39 is 12.0 Å². The van der Waals surface area contributed by atoms with Gasteiger partial charge in [0.1, 0.15) is 6.04 Å². The smallest absolute Gasteiger partial charge is 0.320 e. The lowest BCUT2D eigenvalue weighted by molar-refractivity contribution is -0.143. The standard InChI is InChI=1S/C14H27N3O3/c1-10(2)11(3)15-13(18)9-16-5-7-17(8-6-16)12(4)14(19)20/h10-12H,5-9H2,1-4H3,(H,15,18)(H,19,20). The summed E-state index contributed by atoms with van der Waals surface area (Å²) in [6.45, 7) is 11.1. The van der Waals surface area contributed by atoms with Crippen LogP contribution >= 0.6 is 0 Å². The summed E-state index contributed by atoms with van der Waals surface area (Å²) in [6, 6.07) is -0.275. The summed E-state index contributed by atoms with van der Waals surface area (Å²) < 4.78 is 0. The summed E-state index contributed by atoms with van der Waals surface area (Å²) in [5.74, 6) is -0.319. The van der Waals surface area contributed by atoms with Gasteiger partial charge in [-0.3, -0.25) is 19.4 Å². The molecule has 0 aromatic heterocycles. The molecule has 0 radical (unpaired) electrons. The van der Waals surface area contributed by atoms with Crippen LogP contribution in [0.15, 0.2) is 0 Å². The van der Waals surface area contributed by atoms with Gasteiger partial charge in [-0.05, 0) is 19.8 Å². The van der Waals surface area contributed by atoms with Crippen LogP contribution in [0.4, 0.5) is 0 Å². The van der Waals surface area contributed by atoms with Crippen LogP contribution in [0.3, 0.4) is 0 Å². The van der Waals surface area contributed by atoms with E-state index >= 15 is 0 Å². The Bertz CT molecular complexity index is 339. The van der Waals surface area contributed by atoms with Crippen LogP contribution in [-0.4, -0.2) is 71.6 Å². The Morgan fingerprint density at radius 1 is 1.10 bits per heavy atom. The Morgan fingerprint density at radius 3 is 2.10 bits per heavy atom. The van der Waals surface area contributed by atoms with Gasteiger partial charge in [-0.25, -0.2) is 0 Å². The van der Waals surface area contributed by atoms with Crippen molar-refractivity contribution < 1.29 is 14.7 Å². The van der Waals surface area contributed by atoms with Crippen molar-refractivity contribution in [2.75, 3.05) is 32.7 Å². The Hall–Kier alpha value is -1.14. The number of carboxylic acids is 1. The highest BCUT2D eigenvalue weighted by molar-refractivity contribution is 5.78. The normalized spacial score (nSPS) is 20.6. The number of nitrogens with one attached hydrogen (secondary N) is 1. The van der Waals surface area contributed by atoms with Gasteiger partial charge in [-0.1, -0.05) is 13.8 Å². The molecule has 0 spiro atoms. The number of nitrogens with zero attached hydrogens (tertiary/aromatic N) is 2. The minimum atomic E-state index is -0.790. The number of hydrogen-bond acceptors (Lipinski definition) is 4. The molecule has 1 saturated heterocycles. The third kappa shape index (κ3) is 5.09. The van der Waals surface area contributed by atoms with Crippen molar-refractivity contribution in [3.63, 3.8) is 0 Å². The highest BCUT2D eigenvalue weighted by atomic mass is 16.4. The lowest BCUT2D eigenvalue weighted by Crippen LogP contribution is -2.54. The van der Waals surface area contributed by atoms with Crippen molar-refractivity contribution in [3.05, 3.63) is 0 Å². The molecule has 0 bridgehead atoms. The predicted molar refractivity (Wildman–Crippen MR) is 77.6 cm³/mol. The second-order valence-electron chi connectivity index (χ2n) is 5.93. The number of piperazine rings is 1. The average Bonchev–Trinajstić information content (AvgIpc) is 2.38. The van der Waals surface area contributed by atoms with Crippen molar-refractivity contribution in [2.45, 2.75) is 39.8 Å². The number of hydrogen-bond donors (Lipinski definition) is 2. The molecule has 0 aromatic rings. The minimum absolute atomic E-state index is 0.0472. The molecule has 1 amide bonds. The topological polar surface area (TPSA) is 72.9 Å². The van der Waals surface area contributed by atoms with Crippen LogP contribution in [-0.2, 0) is 9.59 Å². The summed E-state index contributed by atoms with van der Waals surface area (Å²) in [5.41, 5.74) is 0. The predicted octanol–water partition coefficient (Wildman–Crippen LogP) is 0.238. The Morgan fingerprint density at radius 2 is 1.65 bits per heavy atom. The Balaban J connectivity index is 2.32. The van der Waals surface area contributed by atoms with Crippen molar-refractivity contribution in [1.29, 1.82) is 0 Å². The van der Waals surface area contributed by atoms with Gasteiger partial charge in [0.2, 0.25) is 5.91 Å². The van der Waals surface area contributed by atoms with E-state index in [1.807, 2.05) is 11.8 Å². The van der Waals surface area contributed by atoms with Crippen LogP contribution in [0.1, 0.15) is 27.7 Å². The third-order valence-corrected chi connectivity index (χ3v) is 4.07. The molecule has 2 atom stereocenters. The van der Waals surface area contributed by atoms with E-state index in [2.05, 4.69) is 24.1 Å². The Labute approximate surface area is 121 Å². The van der Waals surface area contributed by atoms with Gasteiger partial charge in [-0.2, -0.15) is 0 Å². The number of carboxylic acid groups (broad SMARTS) is 1. The van der Waals surface area contributed by atoms with E-state index in [9.17, 15) is 9.59 Å². The van der Waals surface area contributed by atoms with Gasteiger partial charge in [-0.15, -0.1) is 0 Å². The molecule has 6 nitrogen and oxygen atoms in total. The first kappa shape index (κ1) is 16.9. The molecule has 1 aliphatic heterocycles. The minimum Gasteiger partial charge on any atom is -0.480 e. The van der Waals surface area contributed by atoms with Crippen molar-refractivity contribution in [2.24, 2.45) is 5.92 Å². The maximum absolute atomic E-state index is 11.9. The summed E-state index contributed by atoms with van der Waals surface area (Å²) in [4.78, 5) is 26.8. The molecule has 0 aliphatic carbocycles. The van der Waals surface area contributed by atoms with E-state index in [-0.39, 0.29) is 11.9 Å². The zero-order chi connectivity index (χ0) is 15.3. The van der Waals surface area contributed by atoms with Gasteiger partial charge < -0.3 is 10.4 Å². The maximum Gasteiger partial charge on any atom is 0.320 e. The molecule has 1 rings (SSSR count). The largest absolute Gasteiger partial charge is 0.480 e. The highest BCUT2D eigenvalue weighted by Gasteiger charge is 2.26. The van der Waals surface area contributed by atoms with Crippen LogP contribution in [0, 0.1) is 5.92 Å². The van der Waals surface area contributed by atoms with Crippen molar-refractivity contribution in [3.8, 4) is 0 Å². The van der Waals surface area contributed by atoms with E-state index in [1.54, 1.807) is 6.92 Å². The summed E-state index contributed by atoms with van der Waals surface area (Å²) >= 11 is 0. The molecule has 0 aromatic carbocycles. The first-order valence-electron chi connectivity index (χ1n) is 7.29. The van der Waals surface area contributed by atoms with E-state index in [1.165, 1.54) is 0 Å². The summed E-state index contributed by atoms with van der Waals surface area (Å²) in [5, 5.41) is 12.0. The molecule has 1 aliphatic rings.